The highest BCUT2D eigenvalue weighted by atomic mass is 79.9. The molecular formula is C19H25BrN4O3. The molecule has 0 fully saturated rings. The third-order valence-corrected chi connectivity index (χ3v) is 4.61. The summed E-state index contributed by atoms with van der Waals surface area (Å²) in [5, 5.41) is 9.24. The zero-order chi connectivity index (χ0) is 19.6. The Morgan fingerprint density at radius 1 is 1.19 bits per heavy atom. The number of carbonyl (C=O) groups excluding carboxylic acids is 2. The molecule has 1 aromatic heterocycles. The van der Waals surface area contributed by atoms with Crippen LogP contribution in [0.5, 0.6) is 0 Å². The third-order valence-electron chi connectivity index (χ3n) is 3.91. The van der Waals surface area contributed by atoms with Gasteiger partial charge in [0.2, 0.25) is 5.91 Å². The van der Waals surface area contributed by atoms with Crippen molar-refractivity contribution >= 4 is 39.4 Å². The molecule has 1 heterocycles. The van der Waals surface area contributed by atoms with E-state index in [1.54, 1.807) is 19.1 Å². The van der Waals surface area contributed by atoms with E-state index >= 15 is 0 Å². The first-order valence-corrected chi connectivity index (χ1v) is 9.82. The molecule has 7 nitrogen and oxygen atoms in total. The molecule has 0 atom stereocenters. The molecule has 0 aliphatic rings. The number of carbonyl (C=O) groups is 2. The van der Waals surface area contributed by atoms with Crippen LogP contribution in [0.2, 0.25) is 0 Å². The number of urea groups is 1. The average Bonchev–Trinajstić information content (AvgIpc) is 3.04. The lowest BCUT2D eigenvalue weighted by Crippen LogP contribution is -2.41. The molecule has 0 radical (unpaired) electrons. The molecule has 2 N–H and O–H groups in total. The Labute approximate surface area is 167 Å². The van der Waals surface area contributed by atoms with Gasteiger partial charge in [0.25, 0.3) is 0 Å². The molecule has 0 saturated heterocycles. The van der Waals surface area contributed by atoms with Gasteiger partial charge in [-0.15, -0.1) is 0 Å². The Balaban J connectivity index is 1.99. The van der Waals surface area contributed by atoms with Crippen LogP contribution in [-0.4, -0.2) is 35.1 Å². The smallest absolute Gasteiger partial charge is 0.322 e. The highest BCUT2D eigenvalue weighted by Crippen LogP contribution is 2.21. The molecule has 0 spiro atoms. The Hall–Kier alpha value is -2.35. The van der Waals surface area contributed by atoms with Crippen LogP contribution in [0.25, 0.3) is 0 Å². The predicted octanol–water partition coefficient (Wildman–Crippen LogP) is 4.80. The third kappa shape index (κ3) is 7.05. The number of hydrogen-bond donors (Lipinski definition) is 2. The molecule has 27 heavy (non-hydrogen) atoms. The Kier molecular flexibility index (Phi) is 8.32. The molecule has 2 rings (SSSR count). The summed E-state index contributed by atoms with van der Waals surface area (Å²) in [4.78, 5) is 26.5. The van der Waals surface area contributed by atoms with Crippen LogP contribution in [0.4, 0.5) is 16.3 Å². The summed E-state index contributed by atoms with van der Waals surface area (Å²) in [6, 6.07) is 8.67. The first-order chi connectivity index (χ1) is 13.0. The lowest BCUT2D eigenvalue weighted by molar-refractivity contribution is -0.116. The fourth-order valence-corrected chi connectivity index (χ4v) is 2.90. The van der Waals surface area contributed by atoms with Gasteiger partial charge in [-0.05, 0) is 41.4 Å². The molecule has 8 heteroatoms. The summed E-state index contributed by atoms with van der Waals surface area (Å²) in [5.74, 6) is 0.629. The van der Waals surface area contributed by atoms with Crippen LogP contribution >= 0.6 is 15.9 Å². The number of para-hydroxylation sites is 1. The fourth-order valence-electron chi connectivity index (χ4n) is 2.52. The van der Waals surface area contributed by atoms with Gasteiger partial charge in [0.1, 0.15) is 12.3 Å². The molecule has 0 unspecified atom stereocenters. The van der Waals surface area contributed by atoms with Crippen LogP contribution < -0.4 is 10.6 Å². The second-order valence-corrected chi connectivity index (χ2v) is 7.12. The van der Waals surface area contributed by atoms with Crippen molar-refractivity contribution in [2.24, 2.45) is 0 Å². The highest BCUT2D eigenvalue weighted by Gasteiger charge is 2.18. The number of hydrogen-bond acceptors (Lipinski definition) is 4. The Morgan fingerprint density at radius 2 is 1.96 bits per heavy atom. The maximum absolute atomic E-state index is 12.7. The number of rotatable bonds is 9. The largest absolute Gasteiger partial charge is 0.360 e. The Morgan fingerprint density at radius 3 is 2.63 bits per heavy atom. The van der Waals surface area contributed by atoms with E-state index in [1.807, 2.05) is 18.2 Å². The van der Waals surface area contributed by atoms with Gasteiger partial charge in [0.05, 0.1) is 5.69 Å². The van der Waals surface area contributed by atoms with Gasteiger partial charge in [-0.1, -0.05) is 43.5 Å². The minimum absolute atomic E-state index is 0.0612. The topological polar surface area (TPSA) is 87.5 Å². The minimum atomic E-state index is -0.318. The van der Waals surface area contributed by atoms with Crippen LogP contribution in [0, 0.1) is 6.92 Å². The second-order valence-electron chi connectivity index (χ2n) is 6.26. The maximum atomic E-state index is 12.7. The van der Waals surface area contributed by atoms with Crippen molar-refractivity contribution in [1.29, 1.82) is 0 Å². The molecule has 146 valence electrons. The predicted molar refractivity (Wildman–Crippen MR) is 109 cm³/mol. The first kappa shape index (κ1) is 21.0. The van der Waals surface area contributed by atoms with Crippen LogP contribution in [0.15, 0.2) is 39.3 Å². The van der Waals surface area contributed by atoms with Crippen LogP contribution in [-0.2, 0) is 4.79 Å². The van der Waals surface area contributed by atoms with Gasteiger partial charge in [0, 0.05) is 17.1 Å². The van der Waals surface area contributed by atoms with Gasteiger partial charge >= 0.3 is 6.03 Å². The van der Waals surface area contributed by atoms with E-state index in [0.29, 0.717) is 23.8 Å². The van der Waals surface area contributed by atoms with Crippen molar-refractivity contribution in [1.82, 2.24) is 10.1 Å². The number of anilines is 2. The summed E-state index contributed by atoms with van der Waals surface area (Å²) in [6.45, 7) is 4.31. The van der Waals surface area contributed by atoms with Crippen molar-refractivity contribution in [2.75, 3.05) is 23.7 Å². The van der Waals surface area contributed by atoms with Gasteiger partial charge < -0.3 is 20.1 Å². The summed E-state index contributed by atoms with van der Waals surface area (Å²) in [7, 11) is 0. The van der Waals surface area contributed by atoms with Crippen molar-refractivity contribution in [3.8, 4) is 0 Å². The van der Waals surface area contributed by atoms with Crippen molar-refractivity contribution in [3.63, 3.8) is 0 Å². The minimum Gasteiger partial charge on any atom is -0.360 e. The number of aryl methyl sites for hydroxylation is 1. The van der Waals surface area contributed by atoms with Gasteiger partial charge in [-0.2, -0.15) is 0 Å². The number of halogens is 1. The molecule has 1 aromatic carbocycles. The highest BCUT2D eigenvalue weighted by molar-refractivity contribution is 9.10. The number of amides is 3. The van der Waals surface area contributed by atoms with Crippen LogP contribution in [0.3, 0.4) is 0 Å². The first-order valence-electron chi connectivity index (χ1n) is 9.03. The Bertz CT molecular complexity index is 763. The van der Waals surface area contributed by atoms with E-state index in [2.05, 4.69) is 38.6 Å². The molecule has 2 aromatic rings. The lowest BCUT2D eigenvalue weighted by Gasteiger charge is -2.22. The van der Waals surface area contributed by atoms with E-state index in [0.717, 1.165) is 30.2 Å². The van der Waals surface area contributed by atoms with E-state index < -0.39 is 0 Å². The summed E-state index contributed by atoms with van der Waals surface area (Å²) in [5.41, 5.74) is 0.661. The van der Waals surface area contributed by atoms with Gasteiger partial charge in [0.15, 0.2) is 5.82 Å². The van der Waals surface area contributed by atoms with Crippen molar-refractivity contribution in [3.05, 3.63) is 40.6 Å². The van der Waals surface area contributed by atoms with Crippen LogP contribution in [0.1, 0.15) is 38.4 Å². The zero-order valence-corrected chi connectivity index (χ0v) is 17.2. The van der Waals surface area contributed by atoms with E-state index in [1.165, 1.54) is 4.90 Å². The van der Waals surface area contributed by atoms with E-state index in [9.17, 15) is 9.59 Å². The molecule has 3 amide bonds. The van der Waals surface area contributed by atoms with E-state index in [-0.39, 0.29) is 18.5 Å². The number of aromatic nitrogens is 1. The number of unbranched alkanes of at least 4 members (excludes halogenated alkanes) is 3. The average molecular weight is 437 g/mol. The summed E-state index contributed by atoms with van der Waals surface area (Å²) >= 11 is 3.41. The number of nitrogens with zero attached hydrogens (tertiary/aromatic N) is 2. The molecule has 0 saturated carbocycles. The zero-order valence-electron chi connectivity index (χ0n) is 15.6. The van der Waals surface area contributed by atoms with Crippen molar-refractivity contribution in [2.45, 2.75) is 39.5 Å². The summed E-state index contributed by atoms with van der Waals surface area (Å²) < 4.78 is 5.72. The molecular weight excluding hydrogens is 412 g/mol. The van der Waals surface area contributed by atoms with E-state index in [4.69, 9.17) is 4.52 Å². The SMILES string of the molecule is CCCCCCN(CC(=O)Nc1cc(C)on1)C(=O)Nc1ccccc1Br. The normalized spacial score (nSPS) is 10.5. The monoisotopic (exact) mass is 436 g/mol. The van der Waals surface area contributed by atoms with Gasteiger partial charge in [-0.3, -0.25) is 4.79 Å². The van der Waals surface area contributed by atoms with Crippen molar-refractivity contribution < 1.29 is 14.1 Å². The molecule has 0 bridgehead atoms. The standard InChI is InChI=1S/C19H25BrN4O3/c1-3-4-5-8-11-24(13-18(25)22-17-12-14(2)27-23-17)19(26)21-16-10-7-6-9-15(16)20/h6-7,9-10,12H,3-5,8,11,13H2,1-2H3,(H,21,26)(H,22,23,25). The lowest BCUT2D eigenvalue weighted by atomic mass is 10.2. The second kappa shape index (κ2) is 10.7. The quantitative estimate of drug-likeness (QED) is 0.552. The number of benzene rings is 1. The fraction of sp³-hybridized carbons (Fsp3) is 0.421. The summed E-state index contributed by atoms with van der Waals surface area (Å²) in [6.07, 6.45) is 4.06. The van der Waals surface area contributed by atoms with Gasteiger partial charge in [-0.25, -0.2) is 4.79 Å². The molecule has 0 aliphatic heterocycles. The molecule has 0 aliphatic carbocycles. The maximum Gasteiger partial charge on any atom is 0.322 e. The number of nitrogens with one attached hydrogen (secondary N) is 2.